The lowest BCUT2D eigenvalue weighted by Gasteiger charge is -2.36. The normalized spacial score (nSPS) is 12.1. The van der Waals surface area contributed by atoms with Crippen LogP contribution in [-0.2, 0) is 25.1 Å². The predicted octanol–water partition coefficient (Wildman–Crippen LogP) is 10.3. The summed E-state index contributed by atoms with van der Waals surface area (Å²) in [5.41, 5.74) is 4.83. The number of benzene rings is 3. The first-order valence-corrected chi connectivity index (χ1v) is 22.5. The lowest BCUT2D eigenvalue weighted by Crippen LogP contribution is -2.43. The minimum atomic E-state index is -2.18. The van der Waals surface area contributed by atoms with Crippen molar-refractivity contribution in [3.63, 3.8) is 0 Å². The number of pyridine rings is 1. The molecule has 0 spiro atoms. The van der Waals surface area contributed by atoms with Crippen molar-refractivity contribution < 1.29 is 14.0 Å². The summed E-state index contributed by atoms with van der Waals surface area (Å²) in [4.78, 5) is 27.8. The van der Waals surface area contributed by atoms with Crippen molar-refractivity contribution in [1.82, 2.24) is 19.7 Å². The zero-order chi connectivity index (χ0) is 39.4. The highest BCUT2D eigenvalue weighted by Crippen LogP contribution is 2.40. The summed E-state index contributed by atoms with van der Waals surface area (Å²) in [6.07, 6.45) is 2.04. The van der Waals surface area contributed by atoms with Crippen LogP contribution in [0.15, 0.2) is 94.6 Å². The van der Waals surface area contributed by atoms with Crippen LogP contribution < -0.4 is 25.4 Å². The van der Waals surface area contributed by atoms with Crippen LogP contribution in [0.3, 0.4) is 0 Å². The van der Waals surface area contributed by atoms with Crippen molar-refractivity contribution in [3.05, 3.63) is 128 Å². The second kappa shape index (κ2) is 16.5. The van der Waals surface area contributed by atoms with Gasteiger partial charge in [0.1, 0.15) is 23.9 Å². The van der Waals surface area contributed by atoms with Gasteiger partial charge < -0.3 is 19.0 Å². The first-order chi connectivity index (χ1) is 25.4. The molecule has 5 aromatic rings. The number of halogens is 1. The molecule has 0 radical (unpaired) electrons. The Bertz CT molecular complexity index is 2180. The molecule has 0 unspecified atom stereocenters. The van der Waals surface area contributed by atoms with Crippen LogP contribution in [0.2, 0.25) is 23.2 Å². The quantitative estimate of drug-likeness (QED) is 0.0965. The summed E-state index contributed by atoms with van der Waals surface area (Å²) in [6, 6.07) is 26.3. The molecule has 0 fully saturated rings. The van der Waals surface area contributed by atoms with Gasteiger partial charge in [-0.05, 0) is 72.3 Å². The van der Waals surface area contributed by atoms with E-state index in [0.29, 0.717) is 34.6 Å². The van der Waals surface area contributed by atoms with Crippen molar-refractivity contribution in [3.8, 4) is 17.2 Å². The van der Waals surface area contributed by atoms with E-state index < -0.39 is 8.32 Å². The molecule has 0 atom stereocenters. The van der Waals surface area contributed by atoms with Crippen LogP contribution in [0.5, 0.6) is 11.5 Å². The second-order valence-corrected chi connectivity index (χ2v) is 22.0. The highest BCUT2D eigenvalue weighted by Gasteiger charge is 2.39. The third kappa shape index (κ3) is 9.80. The number of thioether (sulfide) groups is 1. The van der Waals surface area contributed by atoms with Gasteiger partial charge in [0.2, 0.25) is 0 Å². The molecule has 2 aromatic heterocycles. The SMILES string of the molecule is CSc1ccccc1Cn1c(C)cc(OCc2ccccc2CNC(=O)Nc2cc(C(C)(C)C)nn2-c2ccc(Cl)c(O[Si](C)(C)C(C)(C)C)c2)cc1=O. The molecule has 0 saturated carbocycles. The Morgan fingerprint density at radius 1 is 0.907 bits per heavy atom. The molecular weight excluding hydrogens is 734 g/mol. The maximum atomic E-state index is 13.4. The van der Waals surface area contributed by atoms with Gasteiger partial charge in [-0.15, -0.1) is 11.8 Å². The van der Waals surface area contributed by atoms with Gasteiger partial charge in [0.05, 0.1) is 22.9 Å². The van der Waals surface area contributed by atoms with Gasteiger partial charge >= 0.3 is 6.03 Å². The van der Waals surface area contributed by atoms with E-state index in [-0.39, 0.29) is 35.2 Å². The van der Waals surface area contributed by atoms with E-state index in [1.54, 1.807) is 27.1 Å². The minimum absolute atomic E-state index is 0.0156. The number of anilines is 1. The standard InChI is InChI=1S/C42H52ClN5O4SSi/c1-28-21-33(23-39(49)47(28)26-30-16-13-14-18-36(30)53-8)51-27-31-17-12-11-15-29(31)25-44-40(50)45-38-24-37(41(2,3)4)46-48(38)32-19-20-34(43)35(22-32)52-54(9,10)42(5,6)7/h11-24H,25-27H2,1-10H3,(H2,44,45,50). The fourth-order valence-corrected chi connectivity index (χ4v) is 7.38. The van der Waals surface area contributed by atoms with Gasteiger partial charge in [0.25, 0.3) is 13.9 Å². The molecule has 0 saturated heterocycles. The van der Waals surface area contributed by atoms with Crippen molar-refractivity contribution in [1.29, 1.82) is 0 Å². The van der Waals surface area contributed by atoms with Gasteiger partial charge in [-0.25, -0.2) is 9.48 Å². The number of ether oxygens (including phenoxy) is 1. The first kappa shape index (κ1) is 40.7. The number of carbonyl (C=O) groups is 1. The number of amides is 2. The molecule has 3 aromatic carbocycles. The third-order valence-corrected chi connectivity index (χ3v) is 15.3. The highest BCUT2D eigenvalue weighted by molar-refractivity contribution is 7.98. The van der Waals surface area contributed by atoms with Gasteiger partial charge in [-0.2, -0.15) is 5.10 Å². The number of carbonyl (C=O) groups excluding carboxylic acids is 1. The Hall–Kier alpha value is -4.45. The Balaban J connectivity index is 1.29. The zero-order valence-electron chi connectivity index (χ0n) is 33.0. The molecular formula is C42H52ClN5O4SSi. The fourth-order valence-electron chi connectivity index (χ4n) is 5.52. The predicted molar refractivity (Wildman–Crippen MR) is 224 cm³/mol. The van der Waals surface area contributed by atoms with E-state index >= 15 is 0 Å². The number of rotatable bonds is 12. The van der Waals surface area contributed by atoms with Crippen LogP contribution in [0.1, 0.15) is 69.6 Å². The Morgan fingerprint density at radius 3 is 2.22 bits per heavy atom. The van der Waals surface area contributed by atoms with Crippen LogP contribution in [0.25, 0.3) is 5.69 Å². The van der Waals surface area contributed by atoms with Gasteiger partial charge in [-0.3, -0.25) is 10.1 Å². The van der Waals surface area contributed by atoms with Gasteiger partial charge in [0.15, 0.2) is 0 Å². The number of nitrogens with zero attached hydrogens (tertiary/aromatic N) is 3. The van der Waals surface area contributed by atoms with Crippen molar-refractivity contribution in [2.75, 3.05) is 11.6 Å². The van der Waals surface area contributed by atoms with Crippen LogP contribution in [-0.4, -0.2) is 35.0 Å². The lowest BCUT2D eigenvalue weighted by atomic mass is 9.92. The van der Waals surface area contributed by atoms with E-state index in [2.05, 4.69) is 71.3 Å². The number of nitrogens with one attached hydrogen (secondary N) is 2. The smallest absolute Gasteiger partial charge is 0.320 e. The van der Waals surface area contributed by atoms with Crippen molar-refractivity contribution in [2.24, 2.45) is 0 Å². The summed E-state index contributed by atoms with van der Waals surface area (Å²) >= 11 is 8.30. The average Bonchev–Trinajstić information content (AvgIpc) is 3.53. The fraction of sp³-hybridized carbons (Fsp3) is 0.357. The summed E-state index contributed by atoms with van der Waals surface area (Å²) in [5, 5.41) is 11.4. The summed E-state index contributed by atoms with van der Waals surface area (Å²) < 4.78 is 16.2. The highest BCUT2D eigenvalue weighted by atomic mass is 35.5. The van der Waals surface area contributed by atoms with Crippen molar-refractivity contribution >= 4 is 43.5 Å². The van der Waals surface area contributed by atoms with E-state index in [4.69, 9.17) is 25.9 Å². The van der Waals surface area contributed by atoms with Gasteiger partial charge in [0, 0.05) is 40.7 Å². The molecule has 12 heteroatoms. The number of aromatic nitrogens is 3. The lowest BCUT2D eigenvalue weighted by molar-refractivity contribution is 0.251. The molecule has 0 aliphatic carbocycles. The number of aryl methyl sites for hydroxylation is 1. The Kier molecular flexibility index (Phi) is 12.4. The average molecular weight is 787 g/mol. The molecule has 54 heavy (non-hydrogen) atoms. The second-order valence-electron chi connectivity index (χ2n) is 16.0. The molecule has 0 aliphatic heterocycles. The van der Waals surface area contributed by atoms with Crippen LogP contribution in [0, 0.1) is 6.92 Å². The van der Waals surface area contributed by atoms with E-state index in [9.17, 15) is 9.59 Å². The maximum Gasteiger partial charge on any atom is 0.320 e. The van der Waals surface area contributed by atoms with Crippen LogP contribution in [0.4, 0.5) is 10.6 Å². The summed E-state index contributed by atoms with van der Waals surface area (Å²) in [6.45, 7) is 20.0. The van der Waals surface area contributed by atoms with Crippen LogP contribution >= 0.6 is 23.4 Å². The topological polar surface area (TPSA) is 99.4 Å². The van der Waals surface area contributed by atoms with Crippen molar-refractivity contribution in [2.45, 2.75) is 96.6 Å². The minimum Gasteiger partial charge on any atom is -0.542 e. The molecule has 9 nitrogen and oxygen atoms in total. The van der Waals surface area contributed by atoms with E-state index in [1.807, 2.05) is 79.9 Å². The van der Waals surface area contributed by atoms with E-state index in [0.717, 1.165) is 33.0 Å². The Labute approximate surface area is 329 Å². The van der Waals surface area contributed by atoms with E-state index in [1.165, 1.54) is 6.07 Å². The first-order valence-electron chi connectivity index (χ1n) is 18.0. The number of hydrogen-bond donors (Lipinski definition) is 2. The molecule has 0 bridgehead atoms. The maximum absolute atomic E-state index is 13.4. The number of hydrogen-bond acceptors (Lipinski definition) is 6. The summed E-state index contributed by atoms with van der Waals surface area (Å²) in [7, 11) is -2.18. The summed E-state index contributed by atoms with van der Waals surface area (Å²) in [5.74, 6) is 1.60. The molecule has 2 heterocycles. The Morgan fingerprint density at radius 2 is 1.57 bits per heavy atom. The monoisotopic (exact) mass is 785 g/mol. The molecule has 0 aliphatic rings. The number of urea groups is 1. The largest absolute Gasteiger partial charge is 0.542 e. The molecule has 2 amide bonds. The van der Waals surface area contributed by atoms with Gasteiger partial charge in [-0.1, -0.05) is 95.6 Å². The molecule has 5 rings (SSSR count). The molecule has 286 valence electrons. The zero-order valence-corrected chi connectivity index (χ0v) is 35.5. The molecule has 2 N–H and O–H groups in total. The third-order valence-electron chi connectivity index (χ3n) is 9.83.